The molecule has 87 heavy (non-hydrogen) atoms. The van der Waals surface area contributed by atoms with Crippen LogP contribution in [0.4, 0.5) is 0 Å². The van der Waals surface area contributed by atoms with E-state index >= 15 is 0 Å². The van der Waals surface area contributed by atoms with E-state index in [4.69, 9.17) is 33.7 Å². The molecule has 0 saturated carbocycles. The number of nitrogens with zero attached hydrogens (tertiary/aromatic N) is 6. The number of fused-ring (bicyclic) bond motifs is 4. The minimum atomic E-state index is -0.669. The van der Waals surface area contributed by atoms with E-state index in [0.717, 1.165) is 58.4 Å². The van der Waals surface area contributed by atoms with Crippen LogP contribution in [0.5, 0.6) is 0 Å². The third-order valence-electron chi connectivity index (χ3n) is 15.6. The van der Waals surface area contributed by atoms with Crippen LogP contribution in [0.15, 0.2) is 153 Å². The number of likely N-dealkylation sites (tertiary alicyclic amines) is 2. The van der Waals surface area contributed by atoms with Gasteiger partial charge >= 0.3 is 0 Å². The summed E-state index contributed by atoms with van der Waals surface area (Å²) in [7, 11) is 0. The Morgan fingerprint density at radius 2 is 0.839 bits per heavy atom. The Bertz CT molecular complexity index is 3550. The van der Waals surface area contributed by atoms with E-state index in [2.05, 4.69) is 10.6 Å². The third kappa shape index (κ3) is 15.8. The molecule has 0 aliphatic carbocycles. The molecule has 2 saturated heterocycles. The molecule has 0 bridgehead atoms. The number of carbonyl (C=O) groups is 4. The maximum absolute atomic E-state index is 14.5. The topological polar surface area (TPSA) is 215 Å². The van der Waals surface area contributed by atoms with Crippen LogP contribution in [0.1, 0.15) is 61.2 Å². The summed E-state index contributed by atoms with van der Waals surface area (Å²) >= 11 is 2.56. The first-order valence-electron chi connectivity index (χ1n) is 29.9. The molecule has 19 nitrogen and oxygen atoms in total. The summed E-state index contributed by atoms with van der Waals surface area (Å²) in [6.07, 6.45) is 3.07. The maximum Gasteiger partial charge on any atom is 0.262 e. The molecule has 0 unspecified atom stereocenters. The van der Waals surface area contributed by atoms with Gasteiger partial charge in [0.15, 0.2) is 10.3 Å². The summed E-state index contributed by atoms with van der Waals surface area (Å²) in [6, 6.07) is 42.0. The summed E-state index contributed by atoms with van der Waals surface area (Å²) in [6.45, 7) is 8.25. The smallest absolute Gasteiger partial charge is 0.262 e. The summed E-state index contributed by atoms with van der Waals surface area (Å²) in [5.41, 5.74) is 2.48. The van der Waals surface area contributed by atoms with Crippen LogP contribution in [-0.2, 0) is 56.0 Å². The Balaban J connectivity index is 0.578. The average molecular weight is 1220 g/mol. The fourth-order valence-corrected chi connectivity index (χ4v) is 13.6. The summed E-state index contributed by atoms with van der Waals surface area (Å²) in [5.74, 6) is -0.781. The fourth-order valence-electron chi connectivity index (χ4n) is 11.2. The van der Waals surface area contributed by atoms with Crippen molar-refractivity contribution in [1.82, 2.24) is 39.5 Å². The maximum atomic E-state index is 14.5. The van der Waals surface area contributed by atoms with Gasteiger partial charge in [-0.2, -0.15) is 0 Å². The molecule has 0 spiro atoms. The number of carbonyl (C=O) groups excluding carboxylic acids is 4. The van der Waals surface area contributed by atoms with Gasteiger partial charge in [-0.3, -0.25) is 37.9 Å². The molecule has 4 atom stereocenters. The molecular formula is C66H74N8O11S2. The number of thioether (sulfide) groups is 2. The van der Waals surface area contributed by atoms with Gasteiger partial charge in [0.1, 0.15) is 23.7 Å². The Morgan fingerprint density at radius 3 is 1.21 bits per heavy atom. The predicted molar refractivity (Wildman–Crippen MR) is 338 cm³/mol. The van der Waals surface area contributed by atoms with Crippen LogP contribution in [0.25, 0.3) is 43.4 Å². The molecular weight excluding hydrogens is 1140 g/mol. The number of hydrogen-bond donors (Lipinski definition) is 2. The number of amides is 4. The van der Waals surface area contributed by atoms with Crippen molar-refractivity contribution < 1.29 is 42.9 Å². The number of aromatic nitrogens is 4. The highest BCUT2D eigenvalue weighted by Gasteiger charge is 2.37. The molecule has 2 aliphatic heterocycles. The van der Waals surface area contributed by atoms with E-state index in [1.54, 1.807) is 9.13 Å². The molecule has 456 valence electrons. The van der Waals surface area contributed by atoms with Gasteiger partial charge in [-0.25, -0.2) is 9.97 Å². The zero-order chi connectivity index (χ0) is 60.5. The first kappa shape index (κ1) is 62.5. The Kier molecular flexibility index (Phi) is 22.2. The lowest BCUT2D eigenvalue weighted by Crippen LogP contribution is -2.45. The molecule has 2 aliphatic rings. The molecule has 2 N–H and O–H groups in total. The van der Waals surface area contributed by atoms with Crippen molar-refractivity contribution in [2.75, 3.05) is 92.2 Å². The van der Waals surface area contributed by atoms with Gasteiger partial charge in [0.25, 0.3) is 11.1 Å². The summed E-state index contributed by atoms with van der Waals surface area (Å²) in [4.78, 5) is 96.2. The van der Waals surface area contributed by atoms with E-state index in [0.29, 0.717) is 84.7 Å². The van der Waals surface area contributed by atoms with Crippen LogP contribution in [0, 0.1) is 0 Å². The molecule has 4 amide bonds. The predicted octanol–water partition coefficient (Wildman–Crippen LogP) is 8.12. The van der Waals surface area contributed by atoms with Crippen LogP contribution < -0.4 is 21.8 Å². The Labute approximate surface area is 513 Å². The molecule has 0 radical (unpaired) electrons. The summed E-state index contributed by atoms with van der Waals surface area (Å²) in [5, 5.41) is 10.5. The monoisotopic (exact) mass is 1220 g/mol. The lowest BCUT2D eigenvalue weighted by Gasteiger charge is -2.29. The minimum absolute atomic E-state index is 0.101. The molecule has 8 aromatic rings. The quantitative estimate of drug-likeness (QED) is 0.0188. The highest BCUT2D eigenvalue weighted by atomic mass is 32.2. The largest absolute Gasteiger partial charge is 0.377 e. The van der Waals surface area contributed by atoms with Crippen molar-refractivity contribution in [3.63, 3.8) is 0 Å². The Hall–Kier alpha value is -7.50. The van der Waals surface area contributed by atoms with E-state index in [1.807, 2.05) is 157 Å². The SMILES string of the molecule is CCn1c(S[C@@H](C(=O)N2CCC[C@@H]2CNC(=O)COCCOCCOCCOCCOCC(=O)NC[C@H]2CCCN2C(=O)[C@H](Sc2nc3cc4ccccc4cc3c(=O)n2CC)c2ccccc2)c2ccccc2)nc2cc3ccccc3cc2c1=O. The molecule has 2 fully saturated rings. The van der Waals surface area contributed by atoms with Crippen molar-refractivity contribution in [3.05, 3.63) is 165 Å². The van der Waals surface area contributed by atoms with Crippen molar-refractivity contribution >= 4 is 90.5 Å². The zero-order valence-corrected chi connectivity index (χ0v) is 50.8. The normalized spacial score (nSPS) is 15.8. The van der Waals surface area contributed by atoms with Gasteiger partial charge in [0.2, 0.25) is 23.6 Å². The average Bonchev–Trinajstić information content (AvgIpc) is 4.29. The van der Waals surface area contributed by atoms with Gasteiger partial charge in [0.05, 0.1) is 74.7 Å². The van der Waals surface area contributed by atoms with Crippen LogP contribution >= 0.6 is 23.5 Å². The van der Waals surface area contributed by atoms with Crippen LogP contribution in [-0.4, -0.2) is 157 Å². The van der Waals surface area contributed by atoms with Gasteiger partial charge in [-0.05, 0) is 96.5 Å². The standard InChI is InChI=1S/C66H74N8O11S2/c1-3-71-61(77)53-37-47-21-11-13-23-49(47)39-55(53)69-65(71)86-59(45-17-7-5-8-18-45)63(79)73-27-15-25-51(73)41-67-57(75)43-84-35-33-82-31-29-81-30-32-83-34-36-85-44-58(76)68-42-52-26-16-28-74(52)64(80)60(46-19-9-6-10-20-46)87-66-70-56-40-50-24-14-12-22-48(50)38-54(56)62(78)72(66)4-2/h5-14,17-24,37-40,51-52,59-60H,3-4,15-16,25-36,41-44H2,1-2H3,(H,67,75)(H,68,76)/t51-,52-,59-,60-/m1/s1. The van der Waals surface area contributed by atoms with Crippen LogP contribution in [0.2, 0.25) is 0 Å². The second-order valence-electron chi connectivity index (χ2n) is 21.3. The zero-order valence-electron chi connectivity index (χ0n) is 49.1. The van der Waals surface area contributed by atoms with Crippen molar-refractivity contribution in [1.29, 1.82) is 0 Å². The van der Waals surface area contributed by atoms with Gasteiger partial charge in [-0.15, -0.1) is 0 Å². The van der Waals surface area contributed by atoms with Gasteiger partial charge in [-0.1, -0.05) is 133 Å². The molecule has 6 aromatic carbocycles. The molecule has 4 heterocycles. The van der Waals surface area contributed by atoms with E-state index in [-0.39, 0.29) is 99.6 Å². The van der Waals surface area contributed by atoms with Crippen LogP contribution in [0.3, 0.4) is 0 Å². The van der Waals surface area contributed by atoms with Crippen molar-refractivity contribution in [3.8, 4) is 0 Å². The lowest BCUT2D eigenvalue weighted by atomic mass is 10.1. The molecule has 10 rings (SSSR count). The van der Waals surface area contributed by atoms with Gasteiger partial charge in [0, 0.05) is 51.4 Å². The third-order valence-corrected chi connectivity index (χ3v) is 18.1. The highest BCUT2D eigenvalue weighted by molar-refractivity contribution is 8.00. The lowest BCUT2D eigenvalue weighted by molar-refractivity contribution is -0.133. The number of rotatable bonds is 30. The second-order valence-corrected chi connectivity index (χ2v) is 23.5. The van der Waals surface area contributed by atoms with E-state index < -0.39 is 10.5 Å². The number of nitrogens with one attached hydrogen (secondary N) is 2. The van der Waals surface area contributed by atoms with Crippen molar-refractivity contribution in [2.24, 2.45) is 0 Å². The summed E-state index contributed by atoms with van der Waals surface area (Å²) < 4.78 is 31.3. The number of hydrogen-bond acceptors (Lipinski definition) is 15. The molecule has 2 aromatic heterocycles. The highest BCUT2D eigenvalue weighted by Crippen LogP contribution is 2.40. The first-order chi connectivity index (χ1) is 42.6. The Morgan fingerprint density at radius 1 is 0.494 bits per heavy atom. The van der Waals surface area contributed by atoms with Crippen molar-refractivity contribution in [2.45, 2.75) is 85.5 Å². The number of ether oxygens (including phenoxy) is 5. The first-order valence-corrected chi connectivity index (χ1v) is 31.7. The fraction of sp³-hybridized carbons (Fsp3) is 0.394. The van der Waals surface area contributed by atoms with E-state index in [9.17, 15) is 28.8 Å². The van der Waals surface area contributed by atoms with E-state index in [1.165, 1.54) is 23.5 Å². The molecule has 21 heteroatoms. The minimum Gasteiger partial charge on any atom is -0.377 e. The van der Waals surface area contributed by atoms with Gasteiger partial charge < -0.3 is 44.1 Å². The number of benzene rings is 6. The second kappa shape index (κ2) is 30.9.